The second kappa shape index (κ2) is 7.61. The van der Waals surface area contributed by atoms with Crippen molar-refractivity contribution in [2.24, 2.45) is 11.3 Å². The van der Waals surface area contributed by atoms with Crippen LogP contribution in [0, 0.1) is 21.4 Å². The van der Waals surface area contributed by atoms with E-state index in [-0.39, 0.29) is 29.2 Å². The lowest BCUT2D eigenvalue weighted by Crippen LogP contribution is -2.42. The van der Waals surface area contributed by atoms with E-state index in [1.54, 1.807) is 12.1 Å². The van der Waals surface area contributed by atoms with Gasteiger partial charge in [-0.25, -0.2) is 0 Å². The van der Waals surface area contributed by atoms with Gasteiger partial charge in [0.15, 0.2) is 0 Å². The monoisotopic (exact) mass is 335 g/mol. The number of hydrogen-bond acceptors (Lipinski definition) is 5. The average Bonchev–Trinajstić information content (AvgIpc) is 2.53. The first kappa shape index (κ1) is 18.2. The van der Waals surface area contributed by atoms with Crippen LogP contribution in [-0.4, -0.2) is 36.1 Å². The number of hydrogen-bond donors (Lipinski definition) is 3. The van der Waals surface area contributed by atoms with Crippen LogP contribution in [0.3, 0.4) is 0 Å². The molecule has 1 fully saturated rings. The van der Waals surface area contributed by atoms with Crippen LogP contribution in [0.25, 0.3) is 0 Å². The molecular formula is C17H25N3O4. The first-order chi connectivity index (χ1) is 11.4. The normalized spacial score (nSPS) is 16.8. The summed E-state index contributed by atoms with van der Waals surface area (Å²) in [5, 5.41) is 26.2. The predicted molar refractivity (Wildman–Crippen MR) is 92.1 cm³/mol. The molecule has 0 heterocycles. The summed E-state index contributed by atoms with van der Waals surface area (Å²) in [7, 11) is 1.49. The third-order valence-corrected chi connectivity index (χ3v) is 5.27. The molecule has 0 aromatic heterocycles. The van der Waals surface area contributed by atoms with E-state index in [1.807, 2.05) is 0 Å². The second-order valence-electron chi connectivity index (χ2n) is 6.55. The van der Waals surface area contributed by atoms with Crippen molar-refractivity contribution < 1.29 is 14.8 Å². The van der Waals surface area contributed by atoms with Gasteiger partial charge < -0.3 is 15.7 Å². The van der Waals surface area contributed by atoms with Gasteiger partial charge in [0.1, 0.15) is 5.69 Å². The molecule has 1 aliphatic rings. The summed E-state index contributed by atoms with van der Waals surface area (Å²) >= 11 is 0. The first-order valence-electron chi connectivity index (χ1n) is 8.29. The Morgan fingerprint density at radius 3 is 2.67 bits per heavy atom. The van der Waals surface area contributed by atoms with Crippen molar-refractivity contribution in [3.8, 4) is 0 Å². The summed E-state index contributed by atoms with van der Waals surface area (Å²) in [6.07, 6.45) is 4.01. The number of aliphatic hydroxyl groups excluding tert-OH is 1. The van der Waals surface area contributed by atoms with Crippen LogP contribution in [-0.2, 0) is 0 Å². The van der Waals surface area contributed by atoms with Crippen LogP contribution < -0.4 is 10.6 Å². The predicted octanol–water partition coefficient (Wildman–Crippen LogP) is 2.56. The number of nitro groups is 1. The molecule has 132 valence electrons. The van der Waals surface area contributed by atoms with Crippen molar-refractivity contribution in [3.05, 3.63) is 33.9 Å². The molecule has 1 aromatic rings. The Morgan fingerprint density at radius 1 is 1.46 bits per heavy atom. The first-order valence-corrected chi connectivity index (χ1v) is 8.29. The van der Waals surface area contributed by atoms with E-state index in [9.17, 15) is 20.0 Å². The van der Waals surface area contributed by atoms with Crippen LogP contribution >= 0.6 is 0 Å². The molecule has 7 heteroatoms. The minimum Gasteiger partial charge on any atom is -0.396 e. The maximum atomic E-state index is 11.7. The number of carbonyl (C=O) groups excluding carboxylic acids is 1. The van der Waals surface area contributed by atoms with E-state index in [1.165, 1.54) is 13.1 Å². The lowest BCUT2D eigenvalue weighted by molar-refractivity contribution is -0.384. The largest absolute Gasteiger partial charge is 0.396 e. The molecule has 2 rings (SSSR count). The minimum atomic E-state index is -0.473. The highest BCUT2D eigenvalue weighted by Crippen LogP contribution is 2.48. The van der Waals surface area contributed by atoms with E-state index < -0.39 is 4.92 Å². The minimum absolute atomic E-state index is 0.0794. The van der Waals surface area contributed by atoms with Crippen LogP contribution in [0.1, 0.15) is 43.0 Å². The van der Waals surface area contributed by atoms with Crippen LogP contribution in [0.15, 0.2) is 18.2 Å². The molecule has 1 unspecified atom stereocenters. The van der Waals surface area contributed by atoms with Crippen molar-refractivity contribution in [2.75, 3.05) is 25.5 Å². The highest BCUT2D eigenvalue weighted by Gasteiger charge is 2.41. The highest BCUT2D eigenvalue weighted by atomic mass is 16.6. The van der Waals surface area contributed by atoms with E-state index in [4.69, 9.17) is 0 Å². The van der Waals surface area contributed by atoms with Crippen LogP contribution in [0.2, 0.25) is 0 Å². The summed E-state index contributed by atoms with van der Waals surface area (Å²) in [5.41, 5.74) is 0.674. The number of amides is 1. The molecule has 0 spiro atoms. The molecule has 1 atom stereocenters. The molecule has 1 aromatic carbocycles. The quantitative estimate of drug-likeness (QED) is 0.500. The smallest absolute Gasteiger partial charge is 0.293 e. The summed E-state index contributed by atoms with van der Waals surface area (Å²) in [6, 6.07) is 4.47. The Labute approximate surface area is 141 Å². The fourth-order valence-corrected chi connectivity index (χ4v) is 3.36. The Kier molecular flexibility index (Phi) is 5.77. The molecule has 1 amide bonds. The van der Waals surface area contributed by atoms with Gasteiger partial charge in [0, 0.05) is 31.8 Å². The van der Waals surface area contributed by atoms with E-state index in [0.29, 0.717) is 18.2 Å². The Hall–Kier alpha value is -2.15. The average molecular weight is 335 g/mol. The lowest BCUT2D eigenvalue weighted by Gasteiger charge is -2.47. The van der Waals surface area contributed by atoms with E-state index >= 15 is 0 Å². The van der Waals surface area contributed by atoms with Crippen LogP contribution in [0.4, 0.5) is 11.4 Å². The van der Waals surface area contributed by atoms with E-state index in [2.05, 4.69) is 17.6 Å². The van der Waals surface area contributed by atoms with Crippen molar-refractivity contribution in [1.29, 1.82) is 0 Å². The molecule has 24 heavy (non-hydrogen) atoms. The molecule has 0 bridgehead atoms. The summed E-state index contributed by atoms with van der Waals surface area (Å²) in [5.74, 6) is 0.00429. The molecule has 1 saturated carbocycles. The second-order valence-corrected chi connectivity index (χ2v) is 6.55. The number of nitrogens with zero attached hydrogens (tertiary/aromatic N) is 1. The van der Waals surface area contributed by atoms with Crippen molar-refractivity contribution in [1.82, 2.24) is 5.32 Å². The standard InChI is InChI=1S/C17H25N3O4/c1-12(6-9-21)17(7-3-8-17)11-19-14-5-4-13(16(22)18-2)10-15(14)20(23)24/h4-5,10,12,19,21H,3,6-9,11H2,1-2H3,(H,18,22). The molecule has 0 radical (unpaired) electrons. The Balaban J connectivity index is 2.17. The third-order valence-electron chi connectivity index (χ3n) is 5.27. The van der Waals surface area contributed by atoms with Gasteiger partial charge in [-0.3, -0.25) is 14.9 Å². The molecule has 0 saturated heterocycles. The number of carbonyl (C=O) groups is 1. The number of nitro benzene ring substituents is 1. The molecule has 7 nitrogen and oxygen atoms in total. The maximum absolute atomic E-state index is 11.7. The lowest BCUT2D eigenvalue weighted by atomic mass is 9.60. The van der Waals surface area contributed by atoms with Gasteiger partial charge in [0.2, 0.25) is 0 Å². The van der Waals surface area contributed by atoms with Gasteiger partial charge in [-0.15, -0.1) is 0 Å². The van der Waals surface area contributed by atoms with Crippen molar-refractivity contribution >= 4 is 17.3 Å². The number of rotatable bonds is 8. The summed E-state index contributed by atoms with van der Waals surface area (Å²) in [6.45, 7) is 2.92. The highest BCUT2D eigenvalue weighted by molar-refractivity contribution is 5.95. The number of anilines is 1. The summed E-state index contributed by atoms with van der Waals surface area (Å²) < 4.78 is 0. The zero-order valence-electron chi connectivity index (χ0n) is 14.2. The number of benzene rings is 1. The SMILES string of the molecule is CNC(=O)c1ccc(NCC2(C(C)CCO)CCC2)c([N+](=O)[O-])c1. The Morgan fingerprint density at radius 2 is 2.17 bits per heavy atom. The third kappa shape index (κ3) is 3.67. The number of aliphatic hydroxyl groups is 1. The fraction of sp³-hybridized carbons (Fsp3) is 0.588. The van der Waals surface area contributed by atoms with Gasteiger partial charge in [-0.2, -0.15) is 0 Å². The fourth-order valence-electron chi connectivity index (χ4n) is 3.36. The number of nitrogens with one attached hydrogen (secondary N) is 2. The van der Waals surface area contributed by atoms with Gasteiger partial charge in [0.25, 0.3) is 11.6 Å². The van der Waals surface area contributed by atoms with Crippen LogP contribution in [0.5, 0.6) is 0 Å². The molecule has 1 aliphatic carbocycles. The van der Waals surface area contributed by atoms with Gasteiger partial charge in [-0.05, 0) is 42.7 Å². The summed E-state index contributed by atoms with van der Waals surface area (Å²) in [4.78, 5) is 22.5. The van der Waals surface area contributed by atoms with Gasteiger partial charge in [-0.1, -0.05) is 13.3 Å². The Bertz CT molecular complexity index is 614. The molecule has 0 aliphatic heterocycles. The molecule has 3 N–H and O–H groups in total. The zero-order valence-corrected chi connectivity index (χ0v) is 14.2. The van der Waals surface area contributed by atoms with Gasteiger partial charge >= 0.3 is 0 Å². The van der Waals surface area contributed by atoms with E-state index in [0.717, 1.165) is 25.7 Å². The zero-order chi connectivity index (χ0) is 17.7. The topological polar surface area (TPSA) is 104 Å². The molecular weight excluding hydrogens is 310 g/mol. The maximum Gasteiger partial charge on any atom is 0.293 e. The van der Waals surface area contributed by atoms with Crippen molar-refractivity contribution in [3.63, 3.8) is 0 Å². The van der Waals surface area contributed by atoms with Gasteiger partial charge in [0.05, 0.1) is 4.92 Å². The van der Waals surface area contributed by atoms with Crippen molar-refractivity contribution in [2.45, 2.75) is 32.6 Å².